The second kappa shape index (κ2) is 39.1. The first-order valence-electron chi connectivity index (χ1n) is 33.3. The number of rotatable bonds is 24. The van der Waals surface area contributed by atoms with E-state index in [1.165, 1.54) is 55.5 Å². The Kier molecular flexibility index (Phi) is 34.8. The zero-order chi connectivity index (χ0) is 78.7. The zero-order valence-electron chi connectivity index (χ0n) is 63.5. The second-order valence-corrected chi connectivity index (χ2v) is 29.7. The maximum Gasteiger partial charge on any atom is 0.433 e. The fourth-order valence-electron chi connectivity index (χ4n) is 8.57. The van der Waals surface area contributed by atoms with Gasteiger partial charge in [-0.05, 0) is 232 Å². The standard InChI is InChI=1S/C75H89Cl5N8O16.2Ac/c1-22-70(10,11)99-64(93)83(60(89)42-81-87(68(97)103-74(18,19)26-5)58-39-47(34-36-51(58)78)62(91)85(66(95)101-72(14,15)24-3)54-32-28-30-49(76)45(54)8)56-41-53(80)57(38-44(56)7)84(65(94)100-71(12,13)23-2)61(90)43-82-88(69(98)104-75(20,21)27-6)59-40-48(35-37-52(59)79)63(92)86(67(96)102-73(16,17)25-4)55-33-29-31-50(77)46(55)9;;/h28-41H,22-27H2,1-21H3;;/q-2;;. The van der Waals surface area contributed by atoms with Crippen LogP contribution in [0.1, 0.15) is 201 Å². The van der Waals surface area contributed by atoms with Crippen molar-refractivity contribution < 1.29 is 164 Å². The molecule has 0 saturated carbocycles. The number of amides is 10. The predicted molar refractivity (Wildman–Crippen MR) is 405 cm³/mol. The number of anilines is 6. The average molecular weight is 1990 g/mol. The summed E-state index contributed by atoms with van der Waals surface area (Å²) in [5.74, 6) is -4.83. The third-order valence-electron chi connectivity index (χ3n) is 17.2. The molecule has 5 aromatic rings. The van der Waals surface area contributed by atoms with Gasteiger partial charge in [0.25, 0.3) is 11.8 Å². The van der Waals surface area contributed by atoms with E-state index in [9.17, 15) is 38.4 Å². The van der Waals surface area contributed by atoms with E-state index in [-0.39, 0.29) is 179 Å². The van der Waals surface area contributed by atoms with Crippen LogP contribution in [-0.2, 0) is 38.0 Å². The van der Waals surface area contributed by atoms with Gasteiger partial charge in [0.15, 0.2) is 0 Å². The van der Waals surface area contributed by atoms with Crippen molar-refractivity contribution in [3.05, 3.63) is 138 Å². The number of hydrogen-bond acceptors (Lipinski definition) is 18. The van der Waals surface area contributed by atoms with Crippen LogP contribution >= 0.6 is 58.0 Å². The van der Waals surface area contributed by atoms with Gasteiger partial charge in [-0.15, -0.1) is 0 Å². The van der Waals surface area contributed by atoms with Crippen molar-refractivity contribution in [2.75, 3.05) is 29.6 Å². The van der Waals surface area contributed by atoms with Crippen LogP contribution in [0.3, 0.4) is 0 Å². The topological polar surface area (TPSA) is 270 Å². The molecule has 31 heteroatoms. The molecule has 0 bridgehead atoms. The molecule has 0 saturated heterocycles. The van der Waals surface area contributed by atoms with Crippen molar-refractivity contribution in [1.82, 2.24) is 0 Å². The van der Waals surface area contributed by atoms with Crippen LogP contribution in [-0.4, -0.2) is 106 Å². The minimum atomic E-state index is -1.46. The quantitative estimate of drug-likeness (QED) is 0.0240. The first-order valence-corrected chi connectivity index (χ1v) is 35.2. The molecule has 0 fully saturated rings. The molecule has 0 unspecified atom stereocenters. The number of hydrogen-bond donors (Lipinski definition) is 0. The zero-order valence-corrected chi connectivity index (χ0v) is 76.8. The number of carbonyl (C=O) groups is 10. The number of carbonyl (C=O) groups excluding carboxylic acids is 10. The van der Waals surface area contributed by atoms with Gasteiger partial charge in [-0.25, -0.2) is 48.4 Å². The first kappa shape index (κ1) is 94.3. The minimum absolute atomic E-state index is 0. The van der Waals surface area contributed by atoms with Crippen LogP contribution in [0.25, 0.3) is 0 Å². The van der Waals surface area contributed by atoms with Crippen molar-refractivity contribution in [3.63, 3.8) is 0 Å². The van der Waals surface area contributed by atoms with E-state index in [4.69, 9.17) is 86.4 Å². The Morgan fingerprint density at radius 1 is 0.340 bits per heavy atom. The van der Waals surface area contributed by atoms with Gasteiger partial charge in [-0.1, -0.05) is 112 Å². The smallest absolute Gasteiger partial charge is 0.433 e. The van der Waals surface area contributed by atoms with Crippen LogP contribution in [0.5, 0.6) is 0 Å². The van der Waals surface area contributed by atoms with E-state index in [1.54, 1.807) is 151 Å². The van der Waals surface area contributed by atoms with E-state index in [0.29, 0.717) is 43.8 Å². The molecule has 0 aromatic heterocycles. The summed E-state index contributed by atoms with van der Waals surface area (Å²) in [6, 6.07) is 18.5. The molecular weight excluding hydrogens is 1900 g/mol. The van der Waals surface area contributed by atoms with Crippen molar-refractivity contribution in [3.8, 4) is 0 Å². The number of benzene rings is 5. The number of ether oxygens (including phenoxy) is 6. The van der Waals surface area contributed by atoms with Crippen LogP contribution < -0.4 is 29.6 Å². The Balaban J connectivity index is 0.0000146. The number of imide groups is 4. The molecule has 0 aliphatic carbocycles. The summed E-state index contributed by atoms with van der Waals surface area (Å²) in [6.45, 7) is 34.2. The van der Waals surface area contributed by atoms with E-state index in [0.717, 1.165) is 34.1 Å². The number of halogens is 5. The molecular formula is C75H89Ac2Cl5N8O16-2. The van der Waals surface area contributed by atoms with E-state index in [2.05, 4.69) is 22.6 Å². The van der Waals surface area contributed by atoms with Gasteiger partial charge in [0.05, 0.1) is 61.0 Å². The van der Waals surface area contributed by atoms with Crippen molar-refractivity contribution in [1.29, 1.82) is 0 Å². The molecule has 106 heavy (non-hydrogen) atoms. The van der Waals surface area contributed by atoms with Crippen LogP contribution in [0, 0.1) is 109 Å². The maximum atomic E-state index is 15.0. The Morgan fingerprint density at radius 3 is 0.925 bits per heavy atom. The molecule has 0 N–H and O–H groups in total. The summed E-state index contributed by atoms with van der Waals surface area (Å²) >= 11 is 33.8. The number of nitrogens with zero attached hydrogens (tertiary/aromatic N) is 8. The summed E-state index contributed by atoms with van der Waals surface area (Å²) in [4.78, 5) is 149. The molecule has 0 aliphatic rings. The molecule has 10 amide bonds. The minimum Gasteiger partial charge on any atom is -0.443 e. The van der Waals surface area contributed by atoms with E-state index >= 15 is 9.59 Å². The van der Waals surface area contributed by atoms with Crippen molar-refractivity contribution in [2.24, 2.45) is 10.2 Å². The summed E-state index contributed by atoms with van der Waals surface area (Å²) in [5, 5.41) is 8.69. The Labute approximate surface area is 716 Å². The third kappa shape index (κ3) is 24.5. The van der Waals surface area contributed by atoms with Gasteiger partial charge in [-0.3, -0.25) is 22.0 Å². The maximum absolute atomic E-state index is 15.0. The summed E-state index contributed by atoms with van der Waals surface area (Å²) in [7, 11) is 0. The van der Waals surface area contributed by atoms with Gasteiger partial charge in [-0.2, -0.15) is 10.0 Å². The van der Waals surface area contributed by atoms with Gasteiger partial charge >= 0.3 is 36.6 Å². The largest absolute Gasteiger partial charge is 0.443 e. The number of hydrazone groups is 2. The van der Waals surface area contributed by atoms with Gasteiger partial charge in [0.2, 0.25) is 0 Å². The van der Waals surface area contributed by atoms with Gasteiger partial charge < -0.3 is 48.2 Å². The fourth-order valence-corrected chi connectivity index (χ4v) is 9.55. The van der Waals surface area contributed by atoms with Crippen LogP contribution in [0.15, 0.2) is 95.1 Å². The molecule has 568 valence electrons. The molecule has 24 nitrogen and oxygen atoms in total. The van der Waals surface area contributed by atoms with Crippen LogP contribution in [0.4, 0.5) is 62.9 Å². The summed E-state index contributed by atoms with van der Waals surface area (Å²) in [5.41, 5.74) is -8.43. The van der Waals surface area contributed by atoms with Crippen LogP contribution in [0.2, 0.25) is 25.1 Å². The average Bonchev–Trinajstić information content (AvgIpc) is 0.804. The molecule has 5 aromatic carbocycles. The van der Waals surface area contributed by atoms with Crippen molar-refractivity contribution >= 4 is 165 Å². The normalized spacial score (nSPS) is 11.9. The van der Waals surface area contributed by atoms with Crippen molar-refractivity contribution in [2.45, 2.75) is 218 Å². The van der Waals surface area contributed by atoms with E-state index < -0.39 is 105 Å². The molecule has 0 spiro atoms. The first-order chi connectivity index (χ1) is 48.2. The Hall–Kier alpha value is -5.93. The predicted octanol–water partition coefficient (Wildman–Crippen LogP) is 20.5. The third-order valence-corrected chi connectivity index (χ3v) is 19.0. The van der Waals surface area contributed by atoms with E-state index in [1.807, 2.05) is 0 Å². The SMILES string of the molecule is CCC(C)(C)OC(=O)N(N=[C-]C(=O)N(C(=O)OC(C)(C)CC)c1cc(Cl)c(N(C(=O)[C-]=NN(C(=O)OC(C)(C)CC)c2cc(C(=O)N(C(=O)OC(C)(C)CC)c3cccc(Cl)c3C)ccc2Cl)C(=O)OC(C)(C)CC)cc1C)c1cc(C(=O)N(C(=O)OC(C)(C)CC)c2cccc(Cl)c2C)ccc1Cl.[Ac].[Ac]. The second-order valence-electron chi connectivity index (χ2n) is 27.7. The van der Waals surface area contributed by atoms with Gasteiger partial charge in [0, 0.05) is 109 Å². The summed E-state index contributed by atoms with van der Waals surface area (Å²) < 4.78 is 35.1. The molecule has 2 radical (unpaired) electrons. The molecule has 0 aliphatic heterocycles. The molecule has 0 heterocycles. The molecule has 5 rings (SSSR count). The summed E-state index contributed by atoms with van der Waals surface area (Å²) in [6.07, 6.45) is -1.36. The van der Waals surface area contributed by atoms with Gasteiger partial charge in [0.1, 0.15) is 33.6 Å². The fraction of sp³-hybridized carbons (Fsp3) is 0.440. The molecule has 0 atom stereocenters. The monoisotopic (exact) mass is 1990 g/mol. The Bertz CT molecular complexity index is 3940. The Morgan fingerprint density at radius 2 is 0.623 bits per heavy atom. The number of aryl methyl sites for hydroxylation is 1.